The number of hydroxylamine groups is 2. The zero-order valence-corrected chi connectivity index (χ0v) is 15.3. The number of carbonyl (C=O) groups is 2. The third-order valence-electron chi connectivity index (χ3n) is 6.77. The highest BCUT2D eigenvalue weighted by atomic mass is 19.1. The molecule has 3 fully saturated rings. The second-order valence-electron chi connectivity index (χ2n) is 8.57. The number of Topliss-reactive ketones (excluding diaryl/α,β-unsaturated/α-hetero) is 1. The summed E-state index contributed by atoms with van der Waals surface area (Å²) in [7, 11) is 0. The maximum Gasteiger partial charge on any atom is 0.345 e. The summed E-state index contributed by atoms with van der Waals surface area (Å²) in [5.41, 5.74) is 6.65. The maximum atomic E-state index is 13.8. The first kappa shape index (κ1) is 17.8. The lowest BCUT2D eigenvalue weighted by Crippen LogP contribution is -2.46. The average Bonchev–Trinajstić information content (AvgIpc) is 3.53. The molecular weight excluding hydrogens is 365 g/mol. The molecule has 8 heteroatoms. The molecule has 0 amide bonds. The third kappa shape index (κ3) is 2.52. The minimum absolute atomic E-state index is 0.0472. The standard InChI is InChI=1S/C20H22FN3O4/c21-15-8-17(15)24(28)10-14(19(26)27)18(25)13-2-1-12(7-16(13)24)23-6-3-11(9-23)20(22)4-5-20/h1-2,7,10-11,15,17H,3-6,8-9,22H2,(H,26,27)/t11-,15-,17-,24?/m1/s1. The lowest BCUT2D eigenvalue weighted by molar-refractivity contribution is -0.132. The van der Waals surface area contributed by atoms with E-state index in [4.69, 9.17) is 5.73 Å². The van der Waals surface area contributed by atoms with Gasteiger partial charge in [-0.2, -0.15) is 0 Å². The van der Waals surface area contributed by atoms with E-state index >= 15 is 0 Å². The molecule has 2 saturated carbocycles. The van der Waals surface area contributed by atoms with Crippen LogP contribution in [0.4, 0.5) is 15.8 Å². The van der Waals surface area contributed by atoms with Crippen molar-refractivity contribution >= 4 is 23.1 Å². The van der Waals surface area contributed by atoms with E-state index in [1.165, 1.54) is 6.07 Å². The van der Waals surface area contributed by atoms with E-state index in [-0.39, 0.29) is 23.2 Å². The van der Waals surface area contributed by atoms with Crippen LogP contribution in [0, 0.1) is 11.1 Å². The average molecular weight is 387 g/mol. The molecule has 1 aromatic rings. The highest BCUT2D eigenvalue weighted by molar-refractivity contribution is 6.26. The van der Waals surface area contributed by atoms with Crippen LogP contribution in [0.3, 0.4) is 0 Å². The number of alkyl halides is 1. The lowest BCUT2D eigenvalue weighted by Gasteiger charge is -2.42. The molecule has 1 saturated heterocycles. The van der Waals surface area contributed by atoms with E-state index in [0.717, 1.165) is 44.2 Å². The van der Waals surface area contributed by atoms with E-state index in [0.29, 0.717) is 5.92 Å². The molecule has 0 bridgehead atoms. The molecule has 148 valence electrons. The van der Waals surface area contributed by atoms with E-state index < -0.39 is 34.2 Å². The SMILES string of the molecule is NC1([C@@H]2CCN(c3ccc4c(c3)[N+]([O-])([C@@H]3C[C@H]3F)C=C(C(=O)O)C4=O)C2)CC1. The number of nitrogens with zero attached hydrogens (tertiary/aromatic N) is 2. The molecule has 1 unspecified atom stereocenters. The molecule has 4 aliphatic rings. The summed E-state index contributed by atoms with van der Waals surface area (Å²) in [6.45, 7) is 1.59. The van der Waals surface area contributed by atoms with Gasteiger partial charge in [0.05, 0.1) is 5.56 Å². The van der Waals surface area contributed by atoms with E-state index in [1.807, 2.05) is 0 Å². The Bertz CT molecular complexity index is 928. The molecule has 28 heavy (non-hydrogen) atoms. The second kappa shape index (κ2) is 5.62. The number of carboxylic acid groups (broad SMARTS) is 1. The van der Waals surface area contributed by atoms with Gasteiger partial charge in [-0.05, 0) is 37.3 Å². The van der Waals surface area contributed by atoms with Gasteiger partial charge in [-0.25, -0.2) is 9.18 Å². The number of carbonyl (C=O) groups excluding carboxylic acids is 1. The van der Waals surface area contributed by atoms with Gasteiger partial charge < -0.3 is 20.9 Å². The van der Waals surface area contributed by atoms with Crippen molar-refractivity contribution in [2.45, 2.75) is 43.4 Å². The zero-order valence-electron chi connectivity index (χ0n) is 15.3. The summed E-state index contributed by atoms with van der Waals surface area (Å²) in [5.74, 6) is -1.77. The van der Waals surface area contributed by atoms with Gasteiger partial charge in [-0.1, -0.05) is 0 Å². The van der Waals surface area contributed by atoms with Gasteiger partial charge in [0.15, 0.2) is 17.4 Å². The van der Waals surface area contributed by atoms with Crippen molar-refractivity contribution in [1.29, 1.82) is 0 Å². The smallest absolute Gasteiger partial charge is 0.345 e. The zero-order chi connectivity index (χ0) is 19.8. The van der Waals surface area contributed by atoms with E-state index in [2.05, 4.69) is 4.90 Å². The van der Waals surface area contributed by atoms with Crippen molar-refractivity contribution in [1.82, 2.24) is 4.65 Å². The Morgan fingerprint density at radius 1 is 1.39 bits per heavy atom. The molecule has 0 radical (unpaired) electrons. The number of benzene rings is 1. The van der Waals surface area contributed by atoms with Crippen LogP contribution in [0.25, 0.3) is 0 Å². The summed E-state index contributed by atoms with van der Waals surface area (Å²) in [5, 5.41) is 22.9. The van der Waals surface area contributed by atoms with Gasteiger partial charge in [-0.3, -0.25) is 9.44 Å². The molecular formula is C20H22FN3O4. The topological polar surface area (TPSA) is 107 Å². The van der Waals surface area contributed by atoms with Crippen LogP contribution in [0.15, 0.2) is 30.0 Å². The Kier molecular flexibility index (Phi) is 3.57. The summed E-state index contributed by atoms with van der Waals surface area (Å²) in [6.07, 6.45) is 2.68. The number of aliphatic carboxylic acids is 1. The van der Waals surface area contributed by atoms with Crippen LogP contribution in [0.5, 0.6) is 0 Å². The molecule has 7 nitrogen and oxygen atoms in total. The van der Waals surface area contributed by atoms with Gasteiger partial charge in [0.25, 0.3) is 0 Å². The molecule has 0 aromatic heterocycles. The summed E-state index contributed by atoms with van der Waals surface area (Å²) < 4.78 is 12.6. The number of hydrogen-bond acceptors (Lipinski definition) is 5. The Labute approximate surface area is 161 Å². The van der Waals surface area contributed by atoms with Crippen molar-refractivity contribution in [2.24, 2.45) is 11.7 Å². The fourth-order valence-corrected chi connectivity index (χ4v) is 4.66. The highest BCUT2D eigenvalue weighted by Gasteiger charge is 2.54. The van der Waals surface area contributed by atoms with E-state index in [9.17, 15) is 24.3 Å². The molecule has 2 aliphatic carbocycles. The van der Waals surface area contributed by atoms with Crippen molar-refractivity contribution in [3.8, 4) is 0 Å². The minimum atomic E-state index is -1.46. The summed E-state index contributed by atoms with van der Waals surface area (Å²) >= 11 is 0. The number of ketones is 1. The summed E-state index contributed by atoms with van der Waals surface area (Å²) in [4.78, 5) is 26.2. The van der Waals surface area contributed by atoms with Crippen molar-refractivity contribution in [3.63, 3.8) is 0 Å². The van der Waals surface area contributed by atoms with Crippen molar-refractivity contribution in [3.05, 3.63) is 40.7 Å². The van der Waals surface area contributed by atoms with Gasteiger partial charge in [0, 0.05) is 36.8 Å². The molecule has 3 N–H and O–H groups in total. The first-order valence-electron chi connectivity index (χ1n) is 9.66. The minimum Gasteiger partial charge on any atom is -0.622 e. The Balaban J connectivity index is 1.53. The number of quaternary nitrogens is 1. The predicted octanol–water partition coefficient (Wildman–Crippen LogP) is 2.08. The first-order chi connectivity index (χ1) is 13.2. The normalized spacial score (nSPS) is 35.4. The summed E-state index contributed by atoms with van der Waals surface area (Å²) in [6, 6.07) is 3.98. The Morgan fingerprint density at radius 2 is 2.11 bits per heavy atom. The number of anilines is 1. The van der Waals surface area contributed by atoms with Crippen molar-refractivity contribution in [2.75, 3.05) is 18.0 Å². The molecule has 0 spiro atoms. The van der Waals surface area contributed by atoms with Gasteiger partial charge in [-0.15, -0.1) is 0 Å². The Hall–Kier alpha value is -2.29. The predicted molar refractivity (Wildman–Crippen MR) is 101 cm³/mol. The van der Waals surface area contributed by atoms with Crippen LogP contribution in [-0.2, 0) is 4.79 Å². The largest absolute Gasteiger partial charge is 0.622 e. The number of halogens is 1. The Morgan fingerprint density at radius 3 is 2.71 bits per heavy atom. The lowest BCUT2D eigenvalue weighted by atomic mass is 9.96. The monoisotopic (exact) mass is 387 g/mol. The number of hydrogen-bond donors (Lipinski definition) is 2. The van der Waals surface area contributed by atoms with E-state index in [1.54, 1.807) is 12.1 Å². The maximum absolute atomic E-state index is 13.8. The number of carboxylic acids is 1. The van der Waals surface area contributed by atoms with Crippen LogP contribution in [-0.4, -0.2) is 47.7 Å². The van der Waals surface area contributed by atoms with Crippen LogP contribution in [0.1, 0.15) is 36.0 Å². The van der Waals surface area contributed by atoms with Crippen LogP contribution in [0.2, 0.25) is 0 Å². The number of nitrogens with two attached hydrogens (primary N) is 1. The second-order valence-corrected chi connectivity index (χ2v) is 8.57. The quantitative estimate of drug-likeness (QED) is 0.465. The third-order valence-corrected chi connectivity index (χ3v) is 6.77. The number of fused-ring (bicyclic) bond motifs is 1. The molecule has 2 heterocycles. The van der Waals surface area contributed by atoms with Crippen molar-refractivity contribution < 1.29 is 19.1 Å². The molecule has 5 rings (SSSR count). The highest BCUT2D eigenvalue weighted by Crippen LogP contribution is 2.48. The molecule has 1 aromatic carbocycles. The fraction of sp³-hybridized carbons (Fsp3) is 0.500. The number of rotatable bonds is 4. The van der Waals surface area contributed by atoms with Crippen LogP contribution >= 0.6 is 0 Å². The fourth-order valence-electron chi connectivity index (χ4n) is 4.66. The first-order valence-corrected chi connectivity index (χ1v) is 9.66. The molecule has 2 aliphatic heterocycles. The van der Waals surface area contributed by atoms with Gasteiger partial charge in [0.1, 0.15) is 12.2 Å². The molecule has 4 atom stereocenters. The van der Waals surface area contributed by atoms with Gasteiger partial charge in [0.2, 0.25) is 5.78 Å². The van der Waals surface area contributed by atoms with Gasteiger partial charge >= 0.3 is 5.97 Å². The van der Waals surface area contributed by atoms with Crippen LogP contribution < -0.4 is 15.3 Å².